The zero-order valence-electron chi connectivity index (χ0n) is 11.0. The lowest BCUT2D eigenvalue weighted by atomic mass is 10.00. The van der Waals surface area contributed by atoms with Gasteiger partial charge in [-0.25, -0.2) is 0 Å². The van der Waals surface area contributed by atoms with Crippen molar-refractivity contribution in [3.63, 3.8) is 0 Å². The molecule has 0 bridgehead atoms. The standard InChI is InChI=1S/C14H21NO2S/c1-10(2)14(12-4-3-9-18-12)15(11-5-6-11)8-7-13(16)17/h3-4,9-11,14H,5-8H2,1-2H3,(H,16,17). The first-order valence-electron chi connectivity index (χ1n) is 6.60. The third-order valence-corrected chi connectivity index (χ3v) is 4.37. The molecular weight excluding hydrogens is 246 g/mol. The molecule has 1 saturated carbocycles. The number of nitrogens with zero attached hydrogens (tertiary/aromatic N) is 1. The van der Waals surface area contributed by atoms with Gasteiger partial charge < -0.3 is 5.11 Å². The third-order valence-electron chi connectivity index (χ3n) is 3.42. The minimum Gasteiger partial charge on any atom is -0.481 e. The molecule has 1 aliphatic rings. The molecule has 0 spiro atoms. The van der Waals surface area contributed by atoms with Crippen molar-refractivity contribution in [3.8, 4) is 0 Å². The van der Waals surface area contributed by atoms with Gasteiger partial charge in [0, 0.05) is 23.5 Å². The van der Waals surface area contributed by atoms with Gasteiger partial charge in [0.05, 0.1) is 6.42 Å². The lowest BCUT2D eigenvalue weighted by Gasteiger charge is -2.33. The second-order valence-electron chi connectivity index (χ2n) is 5.32. The second kappa shape index (κ2) is 5.85. The molecule has 2 rings (SSSR count). The highest BCUT2D eigenvalue weighted by atomic mass is 32.1. The molecule has 0 aliphatic heterocycles. The highest BCUT2D eigenvalue weighted by Gasteiger charge is 2.36. The summed E-state index contributed by atoms with van der Waals surface area (Å²) in [6.07, 6.45) is 2.67. The molecule has 1 N–H and O–H groups in total. The predicted molar refractivity (Wildman–Crippen MR) is 73.9 cm³/mol. The predicted octanol–water partition coefficient (Wildman–Crippen LogP) is 3.38. The number of carboxylic acid groups (broad SMARTS) is 1. The Morgan fingerprint density at radius 1 is 1.56 bits per heavy atom. The molecule has 0 amide bonds. The Balaban J connectivity index is 2.12. The van der Waals surface area contributed by atoms with Crippen LogP contribution >= 0.6 is 11.3 Å². The number of hydrogen-bond donors (Lipinski definition) is 1. The number of carboxylic acids is 1. The van der Waals surface area contributed by atoms with Gasteiger partial charge in [0.2, 0.25) is 0 Å². The lowest BCUT2D eigenvalue weighted by molar-refractivity contribution is -0.137. The maximum atomic E-state index is 10.8. The van der Waals surface area contributed by atoms with E-state index in [2.05, 4.69) is 36.3 Å². The lowest BCUT2D eigenvalue weighted by Crippen LogP contribution is -2.35. The van der Waals surface area contributed by atoms with E-state index in [1.165, 1.54) is 17.7 Å². The van der Waals surface area contributed by atoms with Crippen molar-refractivity contribution in [2.45, 2.75) is 45.2 Å². The van der Waals surface area contributed by atoms with Crippen molar-refractivity contribution < 1.29 is 9.90 Å². The second-order valence-corrected chi connectivity index (χ2v) is 6.30. The summed E-state index contributed by atoms with van der Waals surface area (Å²) >= 11 is 1.78. The zero-order valence-corrected chi connectivity index (χ0v) is 11.8. The van der Waals surface area contributed by atoms with Crippen LogP contribution in [0.25, 0.3) is 0 Å². The van der Waals surface area contributed by atoms with Gasteiger partial charge in [0.1, 0.15) is 0 Å². The number of aliphatic carboxylic acids is 1. The van der Waals surface area contributed by atoms with Crippen LogP contribution in [0.5, 0.6) is 0 Å². The van der Waals surface area contributed by atoms with Gasteiger partial charge in [0.25, 0.3) is 0 Å². The SMILES string of the molecule is CC(C)C(c1cccs1)N(CCC(=O)O)C1CC1. The van der Waals surface area contributed by atoms with Crippen LogP contribution in [0.4, 0.5) is 0 Å². The maximum Gasteiger partial charge on any atom is 0.304 e. The molecule has 1 aromatic heterocycles. The van der Waals surface area contributed by atoms with Crippen molar-refractivity contribution in [1.82, 2.24) is 4.90 Å². The molecular formula is C14H21NO2S. The van der Waals surface area contributed by atoms with Crippen LogP contribution in [0.3, 0.4) is 0 Å². The van der Waals surface area contributed by atoms with Crippen LogP contribution in [0.2, 0.25) is 0 Å². The molecule has 0 saturated heterocycles. The van der Waals surface area contributed by atoms with E-state index in [0.717, 1.165) is 0 Å². The Kier molecular flexibility index (Phi) is 4.40. The van der Waals surface area contributed by atoms with Crippen LogP contribution in [0.1, 0.15) is 44.0 Å². The first-order chi connectivity index (χ1) is 8.59. The highest BCUT2D eigenvalue weighted by Crippen LogP contribution is 2.39. The maximum absolute atomic E-state index is 10.8. The first-order valence-corrected chi connectivity index (χ1v) is 7.48. The first kappa shape index (κ1) is 13.6. The minimum atomic E-state index is -0.700. The fourth-order valence-electron chi connectivity index (χ4n) is 2.51. The van der Waals surface area contributed by atoms with Gasteiger partial charge in [-0.3, -0.25) is 9.69 Å². The molecule has 0 aromatic carbocycles. The summed E-state index contributed by atoms with van der Waals surface area (Å²) < 4.78 is 0. The van der Waals surface area contributed by atoms with Crippen molar-refractivity contribution in [2.75, 3.05) is 6.54 Å². The van der Waals surface area contributed by atoms with Gasteiger partial charge in [-0.1, -0.05) is 19.9 Å². The van der Waals surface area contributed by atoms with E-state index >= 15 is 0 Å². The summed E-state index contributed by atoms with van der Waals surface area (Å²) in [5.41, 5.74) is 0. The average molecular weight is 267 g/mol. The van der Waals surface area contributed by atoms with E-state index in [4.69, 9.17) is 5.11 Å². The fraction of sp³-hybridized carbons (Fsp3) is 0.643. The summed E-state index contributed by atoms with van der Waals surface area (Å²) in [5, 5.41) is 11.0. The molecule has 1 aliphatic carbocycles. The Morgan fingerprint density at radius 2 is 2.28 bits per heavy atom. The van der Waals surface area contributed by atoms with Gasteiger partial charge in [-0.05, 0) is 30.2 Å². The fourth-order valence-corrected chi connectivity index (χ4v) is 3.53. The normalized spacial score (nSPS) is 17.3. The van der Waals surface area contributed by atoms with Crippen LogP contribution in [0, 0.1) is 5.92 Å². The third kappa shape index (κ3) is 3.33. The Labute approximate surface area is 112 Å². The highest BCUT2D eigenvalue weighted by molar-refractivity contribution is 7.10. The van der Waals surface area contributed by atoms with Crippen molar-refractivity contribution in [2.24, 2.45) is 5.92 Å². The molecule has 1 unspecified atom stereocenters. The van der Waals surface area contributed by atoms with E-state index < -0.39 is 5.97 Å². The van der Waals surface area contributed by atoms with Gasteiger partial charge >= 0.3 is 5.97 Å². The van der Waals surface area contributed by atoms with E-state index in [-0.39, 0.29) is 6.42 Å². The van der Waals surface area contributed by atoms with Crippen LogP contribution < -0.4 is 0 Å². The molecule has 18 heavy (non-hydrogen) atoms. The Bertz CT molecular complexity index is 385. The Hall–Kier alpha value is -0.870. The number of hydrogen-bond acceptors (Lipinski definition) is 3. The van der Waals surface area contributed by atoms with Crippen LogP contribution in [-0.4, -0.2) is 28.6 Å². The van der Waals surface area contributed by atoms with Crippen LogP contribution in [0.15, 0.2) is 17.5 Å². The van der Waals surface area contributed by atoms with Gasteiger partial charge in [0.15, 0.2) is 0 Å². The van der Waals surface area contributed by atoms with Crippen molar-refractivity contribution in [1.29, 1.82) is 0 Å². The summed E-state index contributed by atoms with van der Waals surface area (Å²) in [4.78, 5) is 14.6. The molecule has 1 fully saturated rings. The summed E-state index contributed by atoms with van der Waals surface area (Å²) in [6.45, 7) is 5.11. The molecule has 4 heteroatoms. The topological polar surface area (TPSA) is 40.5 Å². The molecule has 1 atom stereocenters. The molecule has 3 nitrogen and oxygen atoms in total. The van der Waals surface area contributed by atoms with E-state index in [1.807, 2.05) is 0 Å². The molecule has 1 heterocycles. The van der Waals surface area contributed by atoms with E-state index in [0.29, 0.717) is 24.5 Å². The largest absolute Gasteiger partial charge is 0.481 e. The van der Waals surface area contributed by atoms with Crippen molar-refractivity contribution in [3.05, 3.63) is 22.4 Å². The Morgan fingerprint density at radius 3 is 2.72 bits per heavy atom. The number of carbonyl (C=O) groups is 1. The molecule has 0 radical (unpaired) electrons. The zero-order chi connectivity index (χ0) is 13.1. The molecule has 1 aromatic rings. The average Bonchev–Trinajstić information content (AvgIpc) is 3.00. The monoisotopic (exact) mass is 267 g/mol. The quantitative estimate of drug-likeness (QED) is 0.823. The van der Waals surface area contributed by atoms with Gasteiger partial charge in [-0.15, -0.1) is 11.3 Å². The van der Waals surface area contributed by atoms with Crippen LogP contribution in [-0.2, 0) is 4.79 Å². The molecule has 100 valence electrons. The smallest absolute Gasteiger partial charge is 0.304 e. The summed E-state index contributed by atoms with van der Waals surface area (Å²) in [5.74, 6) is -0.188. The number of rotatable bonds is 7. The summed E-state index contributed by atoms with van der Waals surface area (Å²) in [6, 6.07) is 5.22. The number of thiophene rings is 1. The van der Waals surface area contributed by atoms with Crippen molar-refractivity contribution >= 4 is 17.3 Å². The van der Waals surface area contributed by atoms with E-state index in [9.17, 15) is 4.79 Å². The van der Waals surface area contributed by atoms with Gasteiger partial charge in [-0.2, -0.15) is 0 Å². The summed E-state index contributed by atoms with van der Waals surface area (Å²) in [7, 11) is 0. The minimum absolute atomic E-state index is 0.241. The van der Waals surface area contributed by atoms with E-state index in [1.54, 1.807) is 11.3 Å².